The Morgan fingerprint density at radius 1 is 1.13 bits per heavy atom. The number of nitrogens with one attached hydrogen (secondary N) is 1. The van der Waals surface area contributed by atoms with Gasteiger partial charge in [0.2, 0.25) is 11.8 Å². The lowest BCUT2D eigenvalue weighted by Crippen LogP contribution is -2.45. The first-order valence-corrected chi connectivity index (χ1v) is 11.1. The molecule has 6 nitrogen and oxygen atoms in total. The molecule has 0 spiro atoms. The normalized spacial score (nSPS) is 16.4. The SMILES string of the molecule is O=C(NCc1nc2ccccc2s1)C1CCCN(C(=O)CCOc2ccccc2)C1. The number of carbonyl (C=O) groups excluding carboxylic acids is 2. The van der Waals surface area contributed by atoms with E-state index in [-0.39, 0.29) is 17.7 Å². The van der Waals surface area contributed by atoms with Gasteiger partial charge in [-0.2, -0.15) is 0 Å². The molecule has 156 valence electrons. The molecule has 1 N–H and O–H groups in total. The van der Waals surface area contributed by atoms with Crippen molar-refractivity contribution < 1.29 is 14.3 Å². The van der Waals surface area contributed by atoms with Gasteiger partial charge in [0.05, 0.1) is 35.7 Å². The van der Waals surface area contributed by atoms with Crippen molar-refractivity contribution in [1.29, 1.82) is 0 Å². The maximum atomic E-state index is 12.7. The van der Waals surface area contributed by atoms with Gasteiger partial charge in [-0.1, -0.05) is 30.3 Å². The maximum Gasteiger partial charge on any atom is 0.226 e. The fourth-order valence-electron chi connectivity index (χ4n) is 3.65. The van der Waals surface area contributed by atoms with E-state index in [1.807, 2.05) is 54.6 Å². The number of benzene rings is 2. The zero-order valence-electron chi connectivity index (χ0n) is 16.8. The summed E-state index contributed by atoms with van der Waals surface area (Å²) in [7, 11) is 0. The minimum absolute atomic E-state index is 0.00714. The number of hydrogen-bond acceptors (Lipinski definition) is 5. The smallest absolute Gasteiger partial charge is 0.226 e. The first-order valence-electron chi connectivity index (χ1n) is 10.3. The van der Waals surface area contributed by atoms with E-state index in [9.17, 15) is 9.59 Å². The van der Waals surface area contributed by atoms with E-state index in [2.05, 4.69) is 10.3 Å². The van der Waals surface area contributed by atoms with Crippen LogP contribution in [0.1, 0.15) is 24.3 Å². The highest BCUT2D eigenvalue weighted by Crippen LogP contribution is 2.22. The first kappa shape index (κ1) is 20.3. The highest BCUT2D eigenvalue weighted by Gasteiger charge is 2.28. The number of hydrogen-bond donors (Lipinski definition) is 1. The van der Waals surface area contributed by atoms with Gasteiger partial charge in [0.1, 0.15) is 10.8 Å². The summed E-state index contributed by atoms with van der Waals surface area (Å²) in [6, 6.07) is 17.4. The predicted molar refractivity (Wildman–Crippen MR) is 117 cm³/mol. The van der Waals surface area contributed by atoms with Crippen molar-refractivity contribution in [2.45, 2.75) is 25.8 Å². The number of likely N-dealkylation sites (tertiary alicyclic amines) is 1. The number of amides is 2. The molecule has 3 aromatic rings. The van der Waals surface area contributed by atoms with Crippen LogP contribution in [0.5, 0.6) is 5.75 Å². The van der Waals surface area contributed by atoms with Gasteiger partial charge in [0, 0.05) is 13.1 Å². The third-order valence-corrected chi connectivity index (χ3v) is 6.26. The van der Waals surface area contributed by atoms with Crippen molar-refractivity contribution in [3.63, 3.8) is 0 Å². The van der Waals surface area contributed by atoms with Gasteiger partial charge in [-0.25, -0.2) is 4.98 Å². The van der Waals surface area contributed by atoms with Crippen molar-refractivity contribution in [2.75, 3.05) is 19.7 Å². The zero-order valence-corrected chi connectivity index (χ0v) is 17.6. The topological polar surface area (TPSA) is 71.5 Å². The van der Waals surface area contributed by atoms with E-state index in [1.165, 1.54) is 0 Å². The van der Waals surface area contributed by atoms with Crippen LogP contribution in [0.25, 0.3) is 10.2 Å². The molecular formula is C23H25N3O3S. The van der Waals surface area contributed by atoms with Crippen molar-refractivity contribution >= 4 is 33.4 Å². The van der Waals surface area contributed by atoms with Crippen molar-refractivity contribution in [3.05, 3.63) is 59.6 Å². The highest BCUT2D eigenvalue weighted by atomic mass is 32.1. The number of aromatic nitrogens is 1. The van der Waals surface area contributed by atoms with E-state index >= 15 is 0 Å². The van der Waals surface area contributed by atoms with Crippen LogP contribution < -0.4 is 10.1 Å². The molecule has 1 saturated heterocycles. The molecular weight excluding hydrogens is 398 g/mol. The molecule has 0 bridgehead atoms. The minimum Gasteiger partial charge on any atom is -0.493 e. The Bertz CT molecular complexity index is 972. The summed E-state index contributed by atoms with van der Waals surface area (Å²) in [4.78, 5) is 31.5. The second kappa shape index (κ2) is 9.71. The summed E-state index contributed by atoms with van der Waals surface area (Å²) in [5.41, 5.74) is 0.957. The van der Waals surface area contributed by atoms with Gasteiger partial charge in [0.15, 0.2) is 0 Å². The molecule has 0 aliphatic carbocycles. The van der Waals surface area contributed by atoms with E-state index in [1.54, 1.807) is 16.2 Å². The average molecular weight is 424 g/mol. The number of fused-ring (bicyclic) bond motifs is 1. The Hall–Kier alpha value is -2.93. The predicted octanol–water partition coefficient (Wildman–Crippen LogP) is 3.62. The van der Waals surface area contributed by atoms with E-state index < -0.39 is 0 Å². The summed E-state index contributed by atoms with van der Waals surface area (Å²) < 4.78 is 6.74. The summed E-state index contributed by atoms with van der Waals surface area (Å²) in [5.74, 6) is 0.616. The van der Waals surface area contributed by atoms with Crippen LogP contribution in [0.3, 0.4) is 0 Å². The fraction of sp³-hybridized carbons (Fsp3) is 0.348. The molecule has 1 fully saturated rings. The average Bonchev–Trinajstić information content (AvgIpc) is 3.21. The van der Waals surface area contributed by atoms with E-state index in [4.69, 9.17) is 4.74 Å². The van der Waals surface area contributed by atoms with Gasteiger partial charge in [-0.3, -0.25) is 9.59 Å². The van der Waals surface area contributed by atoms with Crippen molar-refractivity contribution in [3.8, 4) is 5.75 Å². The van der Waals surface area contributed by atoms with Gasteiger partial charge >= 0.3 is 0 Å². The molecule has 1 aliphatic heterocycles. The molecule has 1 aromatic heterocycles. The van der Waals surface area contributed by atoms with E-state index in [0.717, 1.165) is 33.8 Å². The number of carbonyl (C=O) groups is 2. The standard InChI is InChI=1S/C23H25N3O3S/c27-22(12-14-29-18-8-2-1-3-9-18)26-13-6-7-17(16-26)23(28)24-15-21-25-19-10-4-5-11-20(19)30-21/h1-5,8-11,17H,6-7,12-16H2,(H,24,28). The Balaban J connectivity index is 1.24. The number of para-hydroxylation sites is 2. The zero-order chi connectivity index (χ0) is 20.8. The molecule has 2 aromatic carbocycles. The van der Waals surface area contributed by atoms with Crippen LogP contribution in [0, 0.1) is 5.92 Å². The van der Waals surface area contributed by atoms with Crippen LogP contribution in [0.15, 0.2) is 54.6 Å². The maximum absolute atomic E-state index is 12.7. The van der Waals surface area contributed by atoms with Crippen molar-refractivity contribution in [1.82, 2.24) is 15.2 Å². The molecule has 2 heterocycles. The molecule has 1 aliphatic rings. The number of ether oxygens (including phenoxy) is 1. The Morgan fingerprint density at radius 3 is 2.77 bits per heavy atom. The fourth-order valence-corrected chi connectivity index (χ4v) is 4.56. The largest absolute Gasteiger partial charge is 0.493 e. The summed E-state index contributed by atoms with van der Waals surface area (Å²) in [6.07, 6.45) is 1.95. The summed E-state index contributed by atoms with van der Waals surface area (Å²) >= 11 is 1.59. The highest BCUT2D eigenvalue weighted by molar-refractivity contribution is 7.18. The molecule has 1 unspecified atom stereocenters. The third-order valence-electron chi connectivity index (χ3n) is 5.22. The quantitative estimate of drug-likeness (QED) is 0.630. The second-order valence-corrected chi connectivity index (χ2v) is 8.50. The molecule has 0 saturated carbocycles. The Kier molecular flexibility index (Phi) is 6.59. The molecule has 7 heteroatoms. The molecule has 30 heavy (non-hydrogen) atoms. The Morgan fingerprint density at radius 2 is 1.93 bits per heavy atom. The monoisotopic (exact) mass is 423 g/mol. The van der Waals surface area contributed by atoms with Gasteiger partial charge in [-0.05, 0) is 37.1 Å². The van der Waals surface area contributed by atoms with Crippen LogP contribution in [-0.2, 0) is 16.1 Å². The lowest BCUT2D eigenvalue weighted by molar-refractivity contribution is -0.136. The number of piperidine rings is 1. The van der Waals surface area contributed by atoms with Gasteiger partial charge in [-0.15, -0.1) is 11.3 Å². The second-order valence-electron chi connectivity index (χ2n) is 7.38. The first-order chi connectivity index (χ1) is 14.7. The lowest BCUT2D eigenvalue weighted by Gasteiger charge is -2.32. The number of rotatable bonds is 7. The molecule has 1 atom stereocenters. The van der Waals surface area contributed by atoms with Crippen LogP contribution in [-0.4, -0.2) is 41.4 Å². The third kappa shape index (κ3) is 5.16. The van der Waals surface area contributed by atoms with Crippen LogP contribution >= 0.6 is 11.3 Å². The van der Waals surface area contributed by atoms with Gasteiger partial charge in [0.25, 0.3) is 0 Å². The van der Waals surface area contributed by atoms with Crippen LogP contribution in [0.2, 0.25) is 0 Å². The Labute approximate surface area is 179 Å². The number of thiazole rings is 1. The van der Waals surface area contributed by atoms with Gasteiger partial charge < -0.3 is 15.0 Å². The van der Waals surface area contributed by atoms with Crippen LogP contribution in [0.4, 0.5) is 0 Å². The lowest BCUT2D eigenvalue weighted by atomic mass is 9.97. The molecule has 0 radical (unpaired) electrons. The summed E-state index contributed by atoms with van der Waals surface area (Å²) in [5, 5.41) is 3.89. The van der Waals surface area contributed by atoms with Crippen molar-refractivity contribution in [2.24, 2.45) is 5.92 Å². The minimum atomic E-state index is -0.174. The summed E-state index contributed by atoms with van der Waals surface area (Å²) in [6.45, 7) is 1.93. The van der Waals surface area contributed by atoms with E-state index in [0.29, 0.717) is 32.7 Å². The molecule has 4 rings (SSSR count). The molecule has 2 amide bonds. The number of nitrogens with zero attached hydrogens (tertiary/aromatic N) is 2.